The van der Waals surface area contributed by atoms with Gasteiger partial charge in [-0.05, 0) is 30.2 Å². The molecule has 7 heteroatoms. The number of ether oxygens (including phenoxy) is 2. The Labute approximate surface area is 133 Å². The Kier molecular flexibility index (Phi) is 5.43. The van der Waals surface area contributed by atoms with Crippen molar-refractivity contribution in [3.63, 3.8) is 0 Å². The highest BCUT2D eigenvalue weighted by Crippen LogP contribution is 2.30. The van der Waals surface area contributed by atoms with Gasteiger partial charge in [-0.2, -0.15) is 4.31 Å². The van der Waals surface area contributed by atoms with Crippen molar-refractivity contribution >= 4 is 26.0 Å². The first-order valence-electron chi connectivity index (χ1n) is 6.49. The molecule has 0 aromatic heterocycles. The summed E-state index contributed by atoms with van der Waals surface area (Å²) in [4.78, 5) is 0.183. The van der Waals surface area contributed by atoms with Gasteiger partial charge in [-0.1, -0.05) is 22.0 Å². The zero-order valence-corrected chi connectivity index (χ0v) is 14.4. The number of sulfonamides is 1. The molecule has 0 spiro atoms. The summed E-state index contributed by atoms with van der Waals surface area (Å²) in [5, 5.41) is 0. The third kappa shape index (κ3) is 3.66. The van der Waals surface area contributed by atoms with Crippen LogP contribution in [0.25, 0.3) is 0 Å². The van der Waals surface area contributed by atoms with E-state index in [-0.39, 0.29) is 4.90 Å². The zero-order chi connectivity index (χ0) is 15.5. The van der Waals surface area contributed by atoms with E-state index in [4.69, 9.17) is 9.47 Å². The number of hydrogen-bond donors (Lipinski definition) is 0. The maximum absolute atomic E-state index is 12.7. The van der Waals surface area contributed by atoms with Crippen LogP contribution in [0.3, 0.4) is 0 Å². The van der Waals surface area contributed by atoms with E-state index in [0.29, 0.717) is 36.3 Å². The summed E-state index contributed by atoms with van der Waals surface area (Å²) in [5.41, 5.74) is 1.13. The SMILES string of the molecule is COCC1=CCN(S(=O)(=O)c2cc(Br)ccc2OC)CC1. The lowest BCUT2D eigenvalue weighted by molar-refractivity contribution is 0.219. The number of benzene rings is 1. The van der Waals surface area contributed by atoms with Crippen molar-refractivity contribution in [2.24, 2.45) is 0 Å². The minimum atomic E-state index is -3.57. The first-order valence-corrected chi connectivity index (χ1v) is 8.73. The summed E-state index contributed by atoms with van der Waals surface area (Å²) in [7, 11) is -0.470. The van der Waals surface area contributed by atoms with Gasteiger partial charge in [0.25, 0.3) is 0 Å². The number of nitrogens with zero attached hydrogens (tertiary/aromatic N) is 1. The molecule has 0 saturated heterocycles. The number of methoxy groups -OCH3 is 2. The van der Waals surface area contributed by atoms with Crippen LogP contribution in [0.5, 0.6) is 5.75 Å². The Morgan fingerprint density at radius 2 is 2.10 bits per heavy atom. The van der Waals surface area contributed by atoms with Crippen molar-refractivity contribution in [2.45, 2.75) is 11.3 Å². The van der Waals surface area contributed by atoms with E-state index in [9.17, 15) is 8.42 Å². The van der Waals surface area contributed by atoms with Gasteiger partial charge in [-0.15, -0.1) is 0 Å². The highest BCUT2D eigenvalue weighted by molar-refractivity contribution is 9.10. The second-order valence-electron chi connectivity index (χ2n) is 4.70. The topological polar surface area (TPSA) is 55.8 Å². The second-order valence-corrected chi connectivity index (χ2v) is 7.53. The van der Waals surface area contributed by atoms with Crippen LogP contribution in [0.15, 0.2) is 39.2 Å². The number of halogens is 1. The molecule has 116 valence electrons. The lowest BCUT2D eigenvalue weighted by atomic mass is 10.1. The van der Waals surface area contributed by atoms with Crippen molar-refractivity contribution in [1.82, 2.24) is 4.31 Å². The van der Waals surface area contributed by atoms with Crippen LogP contribution in [-0.4, -0.2) is 46.6 Å². The Bertz CT molecular complexity index is 642. The van der Waals surface area contributed by atoms with Crippen LogP contribution in [0.2, 0.25) is 0 Å². The molecule has 0 saturated carbocycles. The average molecular weight is 376 g/mol. The highest BCUT2D eigenvalue weighted by Gasteiger charge is 2.29. The fourth-order valence-electron chi connectivity index (χ4n) is 2.22. The molecular weight excluding hydrogens is 358 g/mol. The Morgan fingerprint density at radius 1 is 1.33 bits per heavy atom. The van der Waals surface area contributed by atoms with Crippen LogP contribution < -0.4 is 4.74 Å². The molecule has 1 aromatic rings. The lowest BCUT2D eigenvalue weighted by Gasteiger charge is -2.26. The van der Waals surface area contributed by atoms with E-state index < -0.39 is 10.0 Å². The molecule has 0 amide bonds. The molecule has 0 bridgehead atoms. The lowest BCUT2D eigenvalue weighted by Crippen LogP contribution is -2.35. The molecule has 1 aliphatic rings. The third-order valence-corrected chi connectivity index (χ3v) is 5.72. The van der Waals surface area contributed by atoms with Crippen LogP contribution >= 0.6 is 15.9 Å². The van der Waals surface area contributed by atoms with E-state index in [2.05, 4.69) is 15.9 Å². The van der Waals surface area contributed by atoms with Crippen molar-refractivity contribution < 1.29 is 17.9 Å². The van der Waals surface area contributed by atoms with E-state index in [1.807, 2.05) is 6.08 Å². The van der Waals surface area contributed by atoms with Gasteiger partial charge in [-0.3, -0.25) is 0 Å². The van der Waals surface area contributed by atoms with Crippen LogP contribution in [0.1, 0.15) is 6.42 Å². The number of hydrogen-bond acceptors (Lipinski definition) is 4. The zero-order valence-electron chi connectivity index (χ0n) is 12.0. The quantitative estimate of drug-likeness (QED) is 0.741. The molecule has 5 nitrogen and oxygen atoms in total. The van der Waals surface area contributed by atoms with Crippen LogP contribution in [-0.2, 0) is 14.8 Å². The summed E-state index contributed by atoms with van der Waals surface area (Å²) < 4.78 is 37.9. The van der Waals surface area contributed by atoms with Crippen molar-refractivity contribution in [3.8, 4) is 5.75 Å². The van der Waals surface area contributed by atoms with E-state index in [0.717, 1.165) is 5.57 Å². The molecule has 0 radical (unpaired) electrons. The van der Waals surface area contributed by atoms with Gasteiger partial charge in [0.05, 0.1) is 13.7 Å². The molecule has 1 heterocycles. The van der Waals surface area contributed by atoms with E-state index in [1.165, 1.54) is 11.4 Å². The van der Waals surface area contributed by atoms with Gasteiger partial charge in [0.15, 0.2) is 0 Å². The van der Waals surface area contributed by atoms with E-state index in [1.54, 1.807) is 25.3 Å². The minimum Gasteiger partial charge on any atom is -0.495 e. The molecule has 2 rings (SSSR count). The standard InChI is InChI=1S/C14H18BrNO4S/c1-19-10-11-5-7-16(8-6-11)21(17,18)14-9-12(15)3-4-13(14)20-2/h3-5,9H,6-8,10H2,1-2H3. The molecule has 0 fully saturated rings. The Morgan fingerprint density at radius 3 is 2.67 bits per heavy atom. The van der Waals surface area contributed by atoms with Crippen molar-refractivity contribution in [1.29, 1.82) is 0 Å². The molecule has 0 atom stereocenters. The fraction of sp³-hybridized carbons (Fsp3) is 0.429. The van der Waals surface area contributed by atoms with Crippen molar-refractivity contribution in [3.05, 3.63) is 34.3 Å². The molecule has 21 heavy (non-hydrogen) atoms. The smallest absolute Gasteiger partial charge is 0.247 e. The molecule has 1 aliphatic heterocycles. The van der Waals surface area contributed by atoms with Gasteiger partial charge in [0.2, 0.25) is 10.0 Å². The van der Waals surface area contributed by atoms with Gasteiger partial charge in [0, 0.05) is 24.7 Å². The maximum Gasteiger partial charge on any atom is 0.247 e. The summed E-state index contributed by atoms with van der Waals surface area (Å²) in [6, 6.07) is 4.97. The summed E-state index contributed by atoms with van der Waals surface area (Å²) in [6.45, 7) is 1.36. The van der Waals surface area contributed by atoms with E-state index >= 15 is 0 Å². The van der Waals surface area contributed by atoms with Gasteiger partial charge >= 0.3 is 0 Å². The highest BCUT2D eigenvalue weighted by atomic mass is 79.9. The average Bonchev–Trinajstić information content (AvgIpc) is 2.48. The van der Waals surface area contributed by atoms with Gasteiger partial charge in [-0.25, -0.2) is 8.42 Å². The molecule has 1 aromatic carbocycles. The first kappa shape index (κ1) is 16.5. The van der Waals surface area contributed by atoms with Crippen LogP contribution in [0.4, 0.5) is 0 Å². The predicted octanol–water partition coefficient (Wildman–Crippen LogP) is 2.42. The third-order valence-electron chi connectivity index (χ3n) is 3.34. The maximum atomic E-state index is 12.7. The normalized spacial score (nSPS) is 16.6. The van der Waals surface area contributed by atoms with Crippen molar-refractivity contribution in [2.75, 3.05) is 33.9 Å². The molecule has 0 N–H and O–H groups in total. The first-order chi connectivity index (χ1) is 9.98. The Hall–Kier alpha value is -0.890. The largest absolute Gasteiger partial charge is 0.495 e. The number of rotatable bonds is 5. The minimum absolute atomic E-state index is 0.183. The van der Waals surface area contributed by atoms with Gasteiger partial charge < -0.3 is 9.47 Å². The fourth-order valence-corrected chi connectivity index (χ4v) is 4.29. The summed E-state index contributed by atoms with van der Waals surface area (Å²) in [6.07, 6.45) is 2.60. The summed E-state index contributed by atoms with van der Waals surface area (Å²) >= 11 is 3.31. The van der Waals surface area contributed by atoms with Gasteiger partial charge in [0.1, 0.15) is 10.6 Å². The summed E-state index contributed by atoms with van der Waals surface area (Å²) in [5.74, 6) is 0.352. The monoisotopic (exact) mass is 375 g/mol. The molecule has 0 unspecified atom stereocenters. The Balaban J connectivity index is 2.29. The van der Waals surface area contributed by atoms with Crippen LogP contribution in [0, 0.1) is 0 Å². The molecular formula is C14H18BrNO4S. The molecule has 0 aliphatic carbocycles. The predicted molar refractivity (Wildman–Crippen MR) is 84.0 cm³/mol. The second kappa shape index (κ2) is 6.91.